The molecule has 0 atom stereocenters. The molecule has 0 spiro atoms. The van der Waals surface area contributed by atoms with Crippen molar-refractivity contribution in [2.75, 3.05) is 39.3 Å². The molecule has 0 heterocycles. The van der Waals surface area contributed by atoms with Gasteiger partial charge in [0.15, 0.2) is 5.78 Å². The Morgan fingerprint density at radius 3 is 2.78 bits per heavy atom. The maximum atomic E-state index is 12.2. The minimum absolute atomic E-state index is 0.107. The van der Waals surface area contributed by atoms with Crippen molar-refractivity contribution in [1.82, 2.24) is 4.90 Å². The highest BCUT2D eigenvalue weighted by atomic mass is 32.2. The van der Waals surface area contributed by atoms with Gasteiger partial charge in [0, 0.05) is 12.3 Å². The quantitative estimate of drug-likeness (QED) is 0.710. The number of Topliss-reactive ketones (excluding diaryl/α,β-unsaturated/α-hetero) is 1. The number of rotatable bonds is 7. The molecule has 4 heteroatoms. The summed E-state index contributed by atoms with van der Waals surface area (Å²) in [6.45, 7) is 3.34. The number of carbonyl (C=O) groups is 1. The van der Waals surface area contributed by atoms with E-state index in [1.807, 2.05) is 37.1 Å². The summed E-state index contributed by atoms with van der Waals surface area (Å²) in [7, 11) is 3.57. The fraction of sp³-hybridized carbons (Fsp3) is 0.500. The molecular weight excluding hydrogens is 246 g/mol. The molecule has 0 saturated carbocycles. The second kappa shape index (κ2) is 7.44. The maximum Gasteiger partial charge on any atom is 0.180 e. The van der Waals surface area contributed by atoms with Gasteiger partial charge in [0.25, 0.3) is 0 Å². The summed E-state index contributed by atoms with van der Waals surface area (Å²) in [5.41, 5.74) is 1.76. The number of nitrogens with zero attached hydrogens (tertiary/aromatic N) is 1. The van der Waals surface area contributed by atoms with Crippen LogP contribution in [0.4, 0.5) is 0 Å². The lowest BCUT2D eigenvalue weighted by molar-refractivity contribution is 0.0946. The van der Waals surface area contributed by atoms with E-state index in [2.05, 4.69) is 6.26 Å². The number of carbonyl (C=O) groups excluding carboxylic acids is 1. The monoisotopic (exact) mass is 267 g/mol. The molecule has 1 rings (SSSR count). The van der Waals surface area contributed by atoms with Crippen LogP contribution in [0.1, 0.15) is 15.9 Å². The van der Waals surface area contributed by atoms with Crippen LogP contribution in [0, 0.1) is 6.92 Å². The largest absolute Gasteiger partial charge is 0.496 e. The molecule has 0 aromatic heterocycles. The number of benzene rings is 1. The molecule has 0 saturated heterocycles. The van der Waals surface area contributed by atoms with Crippen molar-refractivity contribution in [2.24, 2.45) is 0 Å². The average molecular weight is 267 g/mol. The first-order chi connectivity index (χ1) is 8.58. The molecule has 1 aromatic carbocycles. The summed E-state index contributed by atoms with van der Waals surface area (Å²) in [5, 5.41) is 0. The van der Waals surface area contributed by atoms with Gasteiger partial charge in [0.05, 0.1) is 19.2 Å². The minimum atomic E-state index is 0.107. The number of ketones is 1. The van der Waals surface area contributed by atoms with E-state index in [1.54, 1.807) is 18.9 Å². The van der Waals surface area contributed by atoms with Gasteiger partial charge in [-0.15, -0.1) is 0 Å². The van der Waals surface area contributed by atoms with E-state index in [9.17, 15) is 4.79 Å². The van der Waals surface area contributed by atoms with Crippen molar-refractivity contribution in [1.29, 1.82) is 0 Å². The zero-order valence-electron chi connectivity index (χ0n) is 11.5. The van der Waals surface area contributed by atoms with Gasteiger partial charge in [-0.3, -0.25) is 9.69 Å². The molecule has 0 aliphatic rings. The molecule has 0 amide bonds. The lowest BCUT2D eigenvalue weighted by Crippen LogP contribution is -2.28. The number of hydrogen-bond donors (Lipinski definition) is 0. The Kier molecular flexibility index (Phi) is 6.22. The summed E-state index contributed by atoms with van der Waals surface area (Å²) in [4.78, 5) is 14.2. The van der Waals surface area contributed by atoms with Crippen molar-refractivity contribution < 1.29 is 9.53 Å². The summed E-state index contributed by atoms with van der Waals surface area (Å²) in [6.07, 6.45) is 2.07. The highest BCUT2D eigenvalue weighted by Gasteiger charge is 2.14. The molecule has 3 nitrogen and oxygen atoms in total. The first kappa shape index (κ1) is 15.1. The molecule has 0 aliphatic carbocycles. The molecule has 0 aliphatic heterocycles. The number of aryl methyl sites for hydroxylation is 1. The van der Waals surface area contributed by atoms with Crippen molar-refractivity contribution in [2.45, 2.75) is 6.92 Å². The maximum absolute atomic E-state index is 12.2. The molecule has 100 valence electrons. The molecule has 0 radical (unpaired) electrons. The van der Waals surface area contributed by atoms with Gasteiger partial charge in [-0.1, -0.05) is 6.07 Å². The van der Waals surface area contributed by atoms with Crippen molar-refractivity contribution in [3.05, 3.63) is 29.3 Å². The first-order valence-corrected chi connectivity index (χ1v) is 7.33. The standard InChI is InChI=1S/C14H21NO2S/c1-11-5-6-12(14(9-11)17-3)13(16)10-15(2)7-8-18-4/h5-6,9H,7-8,10H2,1-4H3. The lowest BCUT2D eigenvalue weighted by Gasteiger charge is -2.16. The number of hydrogen-bond acceptors (Lipinski definition) is 4. The molecular formula is C14H21NO2S. The minimum Gasteiger partial charge on any atom is -0.496 e. The lowest BCUT2D eigenvalue weighted by atomic mass is 10.1. The van der Waals surface area contributed by atoms with Crippen LogP contribution in [0.5, 0.6) is 5.75 Å². The van der Waals surface area contributed by atoms with E-state index >= 15 is 0 Å². The highest BCUT2D eigenvalue weighted by Crippen LogP contribution is 2.20. The van der Waals surface area contributed by atoms with E-state index < -0.39 is 0 Å². The van der Waals surface area contributed by atoms with E-state index in [4.69, 9.17) is 4.74 Å². The van der Waals surface area contributed by atoms with Crippen LogP contribution in [0.25, 0.3) is 0 Å². The number of ether oxygens (including phenoxy) is 1. The van der Waals surface area contributed by atoms with Gasteiger partial charge >= 0.3 is 0 Å². The second-order valence-corrected chi connectivity index (χ2v) is 5.34. The first-order valence-electron chi connectivity index (χ1n) is 5.93. The third kappa shape index (κ3) is 4.35. The molecule has 0 N–H and O–H groups in total. The smallest absolute Gasteiger partial charge is 0.180 e. The molecule has 0 fully saturated rings. The van der Waals surface area contributed by atoms with Gasteiger partial charge in [0.1, 0.15) is 5.75 Å². The van der Waals surface area contributed by atoms with Gasteiger partial charge in [-0.05, 0) is 37.9 Å². The SMILES string of the molecule is COc1cc(C)ccc1C(=O)CN(C)CCSC. The van der Waals surface area contributed by atoms with E-state index in [-0.39, 0.29) is 5.78 Å². The molecule has 1 aromatic rings. The Bertz CT molecular complexity index is 407. The van der Waals surface area contributed by atoms with Crippen LogP contribution in [-0.2, 0) is 0 Å². The average Bonchev–Trinajstić information content (AvgIpc) is 2.35. The zero-order chi connectivity index (χ0) is 13.5. The normalized spacial score (nSPS) is 10.7. The summed E-state index contributed by atoms with van der Waals surface area (Å²) < 4.78 is 5.27. The molecule has 18 heavy (non-hydrogen) atoms. The Morgan fingerprint density at radius 1 is 1.44 bits per heavy atom. The third-order valence-electron chi connectivity index (χ3n) is 2.75. The number of likely N-dealkylation sites (N-methyl/N-ethyl adjacent to an activating group) is 1. The predicted octanol–water partition coefficient (Wildman–Crippen LogP) is 2.48. The Labute approximate surface area is 114 Å². The Morgan fingerprint density at radius 2 is 2.17 bits per heavy atom. The van der Waals surface area contributed by atoms with Gasteiger partial charge < -0.3 is 4.74 Å². The topological polar surface area (TPSA) is 29.5 Å². The summed E-state index contributed by atoms with van der Waals surface area (Å²) >= 11 is 1.78. The third-order valence-corrected chi connectivity index (χ3v) is 3.34. The fourth-order valence-electron chi connectivity index (χ4n) is 1.69. The Hall–Kier alpha value is -1.00. The Balaban J connectivity index is 2.72. The van der Waals surface area contributed by atoms with Crippen LogP contribution in [0.3, 0.4) is 0 Å². The second-order valence-electron chi connectivity index (χ2n) is 4.36. The summed E-state index contributed by atoms with van der Waals surface area (Å²) in [5.74, 6) is 1.81. The summed E-state index contributed by atoms with van der Waals surface area (Å²) in [6, 6.07) is 5.69. The zero-order valence-corrected chi connectivity index (χ0v) is 12.3. The molecule has 0 bridgehead atoms. The van der Waals surface area contributed by atoms with Crippen LogP contribution in [0.2, 0.25) is 0 Å². The van der Waals surface area contributed by atoms with Crippen LogP contribution in [0.15, 0.2) is 18.2 Å². The molecule has 0 unspecified atom stereocenters. The van der Waals surface area contributed by atoms with E-state index in [0.29, 0.717) is 17.9 Å². The predicted molar refractivity (Wildman–Crippen MR) is 77.9 cm³/mol. The van der Waals surface area contributed by atoms with Gasteiger partial charge in [-0.25, -0.2) is 0 Å². The van der Waals surface area contributed by atoms with Crippen LogP contribution >= 0.6 is 11.8 Å². The van der Waals surface area contributed by atoms with Crippen LogP contribution in [-0.4, -0.2) is 49.9 Å². The fourth-order valence-corrected chi connectivity index (χ4v) is 2.18. The van der Waals surface area contributed by atoms with Crippen molar-refractivity contribution in [3.8, 4) is 5.75 Å². The number of methoxy groups -OCH3 is 1. The van der Waals surface area contributed by atoms with E-state index in [0.717, 1.165) is 17.9 Å². The highest BCUT2D eigenvalue weighted by molar-refractivity contribution is 7.98. The van der Waals surface area contributed by atoms with Crippen LogP contribution < -0.4 is 4.74 Å². The van der Waals surface area contributed by atoms with Crippen molar-refractivity contribution in [3.63, 3.8) is 0 Å². The van der Waals surface area contributed by atoms with Gasteiger partial charge in [0.2, 0.25) is 0 Å². The number of thioether (sulfide) groups is 1. The van der Waals surface area contributed by atoms with E-state index in [1.165, 1.54) is 0 Å². The van der Waals surface area contributed by atoms with Gasteiger partial charge in [-0.2, -0.15) is 11.8 Å². The van der Waals surface area contributed by atoms with Crippen molar-refractivity contribution >= 4 is 17.5 Å².